The van der Waals surface area contributed by atoms with Gasteiger partial charge in [0.2, 0.25) is 5.91 Å². The number of fused-ring (bicyclic) bond motifs is 1. The minimum atomic E-state index is -0.716. The molecule has 1 aliphatic heterocycles. The van der Waals surface area contributed by atoms with Gasteiger partial charge < -0.3 is 19.5 Å². The predicted molar refractivity (Wildman–Crippen MR) is 105 cm³/mol. The third-order valence-corrected chi connectivity index (χ3v) is 6.62. The highest BCUT2D eigenvalue weighted by atomic mass is 16.4. The van der Waals surface area contributed by atoms with E-state index in [0.717, 1.165) is 5.56 Å². The second-order valence-corrected chi connectivity index (χ2v) is 8.00. The molecule has 1 saturated carbocycles. The number of amides is 1. The fourth-order valence-electron chi connectivity index (χ4n) is 5.16. The third-order valence-electron chi connectivity index (χ3n) is 6.62. The fraction of sp³-hybridized carbons (Fsp3) is 0.364. The van der Waals surface area contributed by atoms with Crippen LogP contribution < -0.4 is 5.76 Å². The Morgan fingerprint density at radius 3 is 2.62 bits per heavy atom. The Hall–Kier alpha value is -2.90. The van der Waals surface area contributed by atoms with Crippen LogP contribution in [0.2, 0.25) is 0 Å². The Labute approximate surface area is 166 Å². The van der Waals surface area contributed by atoms with Gasteiger partial charge in [0, 0.05) is 25.1 Å². The van der Waals surface area contributed by atoms with Crippen molar-refractivity contribution < 1.29 is 19.4 Å². The molecule has 5 rings (SSSR count). The van der Waals surface area contributed by atoms with E-state index in [-0.39, 0.29) is 37.4 Å². The average molecular weight is 394 g/mol. The number of carbonyl (C=O) groups is 1. The summed E-state index contributed by atoms with van der Waals surface area (Å²) >= 11 is 0. The number of carbonyl (C=O) groups excluding carboxylic acids is 1. The van der Waals surface area contributed by atoms with Crippen molar-refractivity contribution in [3.63, 3.8) is 0 Å². The van der Waals surface area contributed by atoms with Crippen LogP contribution in [0, 0.1) is 11.3 Å². The number of aliphatic hydroxyl groups excluding tert-OH is 2. The molecule has 1 aliphatic carbocycles. The first-order valence-corrected chi connectivity index (χ1v) is 9.76. The van der Waals surface area contributed by atoms with Crippen LogP contribution in [-0.4, -0.2) is 51.4 Å². The summed E-state index contributed by atoms with van der Waals surface area (Å²) in [5, 5.41) is 20.7. The summed E-state index contributed by atoms with van der Waals surface area (Å²) in [6, 6.07) is 16.8. The van der Waals surface area contributed by atoms with Crippen LogP contribution in [-0.2, 0) is 11.3 Å². The first kappa shape index (κ1) is 18.1. The van der Waals surface area contributed by atoms with Crippen molar-refractivity contribution in [2.75, 3.05) is 19.7 Å². The van der Waals surface area contributed by atoms with E-state index in [2.05, 4.69) is 0 Å². The standard InChI is InChI=1S/C22H22N2O5/c25-12-15-20(14-6-2-1-3-7-14)22(15)13-23(10-18(22)26)19(27)11-24-16-8-4-5-9-17(16)29-21(24)28/h1-9,15,18,20,25-26H,10-13H2/t15-,18+,20-,22-/m1/s1. The number of hydrogen-bond acceptors (Lipinski definition) is 5. The number of hydrogen-bond donors (Lipinski definition) is 2. The van der Waals surface area contributed by atoms with Crippen LogP contribution in [0.25, 0.3) is 11.1 Å². The molecule has 7 nitrogen and oxygen atoms in total. The molecule has 2 heterocycles. The molecular formula is C22H22N2O5. The van der Waals surface area contributed by atoms with Crippen molar-refractivity contribution >= 4 is 17.0 Å². The van der Waals surface area contributed by atoms with Gasteiger partial charge in [0.1, 0.15) is 6.54 Å². The van der Waals surface area contributed by atoms with Crippen molar-refractivity contribution in [3.05, 3.63) is 70.7 Å². The Bertz CT molecular complexity index is 1120. The average Bonchev–Trinajstić information content (AvgIpc) is 3.11. The summed E-state index contributed by atoms with van der Waals surface area (Å²) in [5.74, 6) is -0.894. The van der Waals surface area contributed by atoms with Gasteiger partial charge in [-0.05, 0) is 29.5 Å². The van der Waals surface area contributed by atoms with E-state index in [1.807, 2.05) is 30.3 Å². The van der Waals surface area contributed by atoms with E-state index in [1.165, 1.54) is 4.57 Å². The van der Waals surface area contributed by atoms with E-state index >= 15 is 0 Å². The number of aromatic nitrogens is 1. The maximum Gasteiger partial charge on any atom is 0.420 e. The molecule has 2 fully saturated rings. The first-order valence-electron chi connectivity index (χ1n) is 9.76. The van der Waals surface area contributed by atoms with Gasteiger partial charge in [-0.3, -0.25) is 9.36 Å². The molecule has 4 atom stereocenters. The molecule has 2 N–H and O–H groups in total. The monoisotopic (exact) mass is 394 g/mol. The molecular weight excluding hydrogens is 372 g/mol. The number of nitrogens with zero attached hydrogens (tertiary/aromatic N) is 2. The molecule has 1 amide bonds. The number of rotatable bonds is 4. The third kappa shape index (κ3) is 2.65. The lowest BCUT2D eigenvalue weighted by atomic mass is 9.95. The van der Waals surface area contributed by atoms with Crippen molar-refractivity contribution in [2.45, 2.75) is 18.6 Å². The number of aliphatic hydroxyl groups is 2. The highest BCUT2D eigenvalue weighted by molar-refractivity contribution is 5.80. The normalized spacial score (nSPS) is 28.3. The van der Waals surface area contributed by atoms with E-state index in [0.29, 0.717) is 17.6 Å². The number of benzene rings is 2. The van der Waals surface area contributed by atoms with E-state index in [1.54, 1.807) is 29.2 Å². The summed E-state index contributed by atoms with van der Waals surface area (Å²) in [6.45, 7) is 0.383. The molecule has 2 aromatic carbocycles. The van der Waals surface area contributed by atoms with Gasteiger partial charge in [0.25, 0.3) is 0 Å². The highest BCUT2D eigenvalue weighted by Gasteiger charge is 2.71. The van der Waals surface area contributed by atoms with Crippen LogP contribution in [0.1, 0.15) is 11.5 Å². The molecule has 0 radical (unpaired) electrons. The summed E-state index contributed by atoms with van der Waals surface area (Å²) < 4.78 is 6.52. The minimum Gasteiger partial charge on any atom is -0.408 e. The van der Waals surface area contributed by atoms with E-state index in [9.17, 15) is 19.8 Å². The number of para-hydroxylation sites is 2. The van der Waals surface area contributed by atoms with Crippen LogP contribution in [0.4, 0.5) is 0 Å². The Kier molecular flexibility index (Phi) is 4.11. The zero-order valence-electron chi connectivity index (χ0n) is 15.8. The Balaban J connectivity index is 1.39. The molecule has 1 aromatic heterocycles. The lowest BCUT2D eigenvalue weighted by Gasteiger charge is -2.17. The second kappa shape index (κ2) is 6.57. The minimum absolute atomic E-state index is 0.0129. The Morgan fingerprint density at radius 2 is 1.86 bits per heavy atom. The van der Waals surface area contributed by atoms with Crippen LogP contribution in [0.5, 0.6) is 0 Å². The van der Waals surface area contributed by atoms with E-state index in [4.69, 9.17) is 4.42 Å². The molecule has 0 unspecified atom stereocenters. The molecule has 29 heavy (non-hydrogen) atoms. The summed E-state index contributed by atoms with van der Waals surface area (Å²) in [6.07, 6.45) is -0.716. The SMILES string of the molecule is O=C(Cn1c(=O)oc2ccccc21)N1C[C@H](O)[C@@]2(C1)[C@H](CO)[C@H]2c1ccccc1. The molecule has 1 spiro atoms. The predicted octanol–water partition coefficient (Wildman–Crippen LogP) is 1.19. The maximum absolute atomic E-state index is 13.0. The number of likely N-dealkylation sites (tertiary alicyclic amines) is 1. The van der Waals surface area contributed by atoms with Crippen LogP contribution in [0.15, 0.2) is 63.8 Å². The van der Waals surface area contributed by atoms with Crippen molar-refractivity contribution in [3.8, 4) is 0 Å². The van der Waals surface area contributed by atoms with Crippen molar-refractivity contribution in [1.29, 1.82) is 0 Å². The van der Waals surface area contributed by atoms with Gasteiger partial charge in [0.05, 0.1) is 11.6 Å². The fourth-order valence-corrected chi connectivity index (χ4v) is 5.16. The van der Waals surface area contributed by atoms with Gasteiger partial charge in [-0.1, -0.05) is 42.5 Å². The largest absolute Gasteiger partial charge is 0.420 e. The van der Waals surface area contributed by atoms with Crippen molar-refractivity contribution in [1.82, 2.24) is 9.47 Å². The first-order chi connectivity index (χ1) is 14.1. The summed E-state index contributed by atoms with van der Waals surface area (Å²) in [5.41, 5.74) is 1.55. The van der Waals surface area contributed by atoms with Gasteiger partial charge in [-0.25, -0.2) is 4.79 Å². The van der Waals surface area contributed by atoms with Crippen LogP contribution >= 0.6 is 0 Å². The maximum atomic E-state index is 13.0. The second-order valence-electron chi connectivity index (χ2n) is 8.00. The lowest BCUT2D eigenvalue weighted by Crippen LogP contribution is -2.34. The molecule has 1 saturated heterocycles. The number of β-amino-alcohol motifs (C(OH)–C–C–N with tert-alkyl or cyclic N) is 1. The smallest absolute Gasteiger partial charge is 0.408 e. The molecule has 150 valence electrons. The summed E-state index contributed by atoms with van der Waals surface area (Å²) in [7, 11) is 0. The molecule has 2 aliphatic rings. The topological polar surface area (TPSA) is 95.9 Å². The van der Waals surface area contributed by atoms with Gasteiger partial charge >= 0.3 is 5.76 Å². The summed E-state index contributed by atoms with van der Waals surface area (Å²) in [4.78, 5) is 26.7. The molecule has 0 bridgehead atoms. The van der Waals surface area contributed by atoms with Crippen LogP contribution in [0.3, 0.4) is 0 Å². The zero-order valence-corrected chi connectivity index (χ0v) is 15.8. The Morgan fingerprint density at radius 1 is 1.14 bits per heavy atom. The molecule has 3 aromatic rings. The lowest BCUT2D eigenvalue weighted by molar-refractivity contribution is -0.131. The molecule has 7 heteroatoms. The zero-order chi connectivity index (χ0) is 20.2. The quantitative estimate of drug-likeness (QED) is 0.693. The highest BCUT2D eigenvalue weighted by Crippen LogP contribution is 2.68. The van der Waals surface area contributed by atoms with Gasteiger partial charge in [-0.15, -0.1) is 0 Å². The van der Waals surface area contributed by atoms with Gasteiger partial charge in [-0.2, -0.15) is 0 Å². The van der Waals surface area contributed by atoms with Crippen molar-refractivity contribution in [2.24, 2.45) is 11.3 Å². The van der Waals surface area contributed by atoms with Gasteiger partial charge in [0.15, 0.2) is 5.58 Å². The number of oxazole rings is 1. The van der Waals surface area contributed by atoms with E-state index < -0.39 is 17.3 Å².